The molecule has 2 heterocycles. The lowest BCUT2D eigenvalue weighted by atomic mass is 10.1. The summed E-state index contributed by atoms with van der Waals surface area (Å²) in [5.41, 5.74) is 2.13. The number of benzene rings is 1. The van der Waals surface area contributed by atoms with Gasteiger partial charge in [-0.2, -0.15) is 10.4 Å². The van der Waals surface area contributed by atoms with E-state index in [1.807, 2.05) is 36.4 Å². The molecule has 6 heteroatoms. The summed E-state index contributed by atoms with van der Waals surface area (Å²) in [4.78, 5) is 12.5. The monoisotopic (exact) mass is 360 g/mol. The predicted octanol–water partition coefficient (Wildman–Crippen LogP) is 3.80. The number of fused-ring (bicyclic) bond motifs is 1. The zero-order chi connectivity index (χ0) is 18.8. The van der Waals surface area contributed by atoms with Gasteiger partial charge in [0.1, 0.15) is 22.9 Å². The minimum Gasteiger partial charge on any atom is -0.454 e. The summed E-state index contributed by atoms with van der Waals surface area (Å²) in [6.07, 6.45) is 7.55. The Morgan fingerprint density at radius 1 is 1.37 bits per heavy atom. The van der Waals surface area contributed by atoms with Crippen LogP contribution in [-0.2, 0) is 11.8 Å². The summed E-state index contributed by atoms with van der Waals surface area (Å²) >= 11 is 0. The van der Waals surface area contributed by atoms with Crippen LogP contribution in [0.1, 0.15) is 31.2 Å². The maximum absolute atomic E-state index is 12.5. The molecule has 1 aliphatic rings. The summed E-state index contributed by atoms with van der Waals surface area (Å²) in [5, 5.41) is 17.9. The van der Waals surface area contributed by atoms with E-state index in [2.05, 4.69) is 10.4 Å². The third-order valence-electron chi connectivity index (χ3n) is 4.87. The molecule has 1 aliphatic carbocycles. The fraction of sp³-hybridized carbons (Fsp3) is 0.286. The summed E-state index contributed by atoms with van der Waals surface area (Å²) in [6.45, 7) is 0. The molecular formula is C21H20N4O2. The third-order valence-corrected chi connectivity index (χ3v) is 4.87. The molecule has 1 amide bonds. The Morgan fingerprint density at radius 3 is 2.89 bits per heavy atom. The van der Waals surface area contributed by atoms with Crippen molar-refractivity contribution in [2.45, 2.75) is 31.7 Å². The predicted molar refractivity (Wildman–Crippen MR) is 102 cm³/mol. The molecule has 27 heavy (non-hydrogen) atoms. The largest absolute Gasteiger partial charge is 0.454 e. The van der Waals surface area contributed by atoms with Crippen LogP contribution in [0.3, 0.4) is 0 Å². The minimum atomic E-state index is -0.330. The van der Waals surface area contributed by atoms with Crippen molar-refractivity contribution in [3.63, 3.8) is 0 Å². The molecule has 0 saturated heterocycles. The highest BCUT2D eigenvalue weighted by molar-refractivity contribution is 6.02. The van der Waals surface area contributed by atoms with Gasteiger partial charge in [0.15, 0.2) is 5.76 Å². The number of amides is 1. The molecule has 0 radical (unpaired) electrons. The lowest BCUT2D eigenvalue weighted by molar-refractivity contribution is -0.117. The van der Waals surface area contributed by atoms with E-state index in [4.69, 9.17) is 4.42 Å². The van der Waals surface area contributed by atoms with Gasteiger partial charge >= 0.3 is 0 Å². The van der Waals surface area contributed by atoms with Crippen molar-refractivity contribution < 1.29 is 9.21 Å². The van der Waals surface area contributed by atoms with Crippen LogP contribution in [0.5, 0.6) is 0 Å². The smallest absolute Gasteiger partial charge is 0.262 e. The first-order valence-corrected chi connectivity index (χ1v) is 9.09. The quantitative estimate of drug-likeness (QED) is 0.566. The van der Waals surface area contributed by atoms with E-state index >= 15 is 0 Å². The summed E-state index contributed by atoms with van der Waals surface area (Å²) < 4.78 is 7.55. The molecule has 1 fully saturated rings. The molecule has 2 aromatic heterocycles. The van der Waals surface area contributed by atoms with Gasteiger partial charge < -0.3 is 9.73 Å². The molecule has 0 spiro atoms. The van der Waals surface area contributed by atoms with E-state index in [0.29, 0.717) is 17.0 Å². The fourth-order valence-corrected chi connectivity index (χ4v) is 3.54. The molecule has 0 aliphatic heterocycles. The number of aryl methyl sites for hydroxylation is 1. The summed E-state index contributed by atoms with van der Waals surface area (Å²) in [6, 6.07) is 11.8. The van der Waals surface area contributed by atoms with Crippen LogP contribution in [-0.4, -0.2) is 21.7 Å². The number of nitriles is 1. The SMILES string of the molecule is Cn1cc(C=C(C#N)C(=O)NC2CCCC2)c(-c2cc3ccccc3o2)n1. The third kappa shape index (κ3) is 3.49. The molecule has 0 atom stereocenters. The highest BCUT2D eigenvalue weighted by Gasteiger charge is 2.20. The van der Waals surface area contributed by atoms with Crippen molar-refractivity contribution in [3.05, 3.63) is 47.7 Å². The van der Waals surface area contributed by atoms with E-state index in [1.54, 1.807) is 24.0 Å². The summed E-state index contributed by atoms with van der Waals surface area (Å²) in [5.74, 6) is 0.278. The van der Waals surface area contributed by atoms with Gasteiger partial charge in [-0.05, 0) is 31.1 Å². The molecule has 1 aromatic carbocycles. The first-order valence-electron chi connectivity index (χ1n) is 9.09. The molecule has 3 aromatic rings. The molecule has 1 saturated carbocycles. The van der Waals surface area contributed by atoms with Crippen molar-refractivity contribution in [3.8, 4) is 17.5 Å². The minimum absolute atomic E-state index is 0.0762. The van der Waals surface area contributed by atoms with Gasteiger partial charge in [0, 0.05) is 30.2 Å². The van der Waals surface area contributed by atoms with Crippen LogP contribution in [0, 0.1) is 11.3 Å². The van der Waals surface area contributed by atoms with Crippen LogP contribution in [0.15, 0.2) is 46.5 Å². The number of nitrogens with one attached hydrogen (secondary N) is 1. The van der Waals surface area contributed by atoms with Gasteiger partial charge in [0.25, 0.3) is 5.91 Å². The van der Waals surface area contributed by atoms with Crippen molar-refractivity contribution >= 4 is 23.0 Å². The second kappa shape index (κ2) is 7.12. The van der Waals surface area contributed by atoms with E-state index < -0.39 is 0 Å². The average molecular weight is 360 g/mol. The van der Waals surface area contributed by atoms with Gasteiger partial charge in [-0.25, -0.2) is 0 Å². The van der Waals surface area contributed by atoms with E-state index in [0.717, 1.165) is 36.7 Å². The Balaban J connectivity index is 1.67. The van der Waals surface area contributed by atoms with E-state index in [1.165, 1.54) is 0 Å². The Bertz CT molecular complexity index is 1030. The molecule has 4 rings (SSSR count). The number of carbonyl (C=O) groups is 1. The lowest BCUT2D eigenvalue weighted by Crippen LogP contribution is -2.33. The van der Waals surface area contributed by atoms with Crippen LogP contribution in [0.25, 0.3) is 28.5 Å². The second-order valence-electron chi connectivity index (χ2n) is 6.88. The number of hydrogen-bond acceptors (Lipinski definition) is 4. The molecule has 0 bridgehead atoms. The van der Waals surface area contributed by atoms with Gasteiger partial charge in [-0.1, -0.05) is 31.0 Å². The van der Waals surface area contributed by atoms with Crippen LogP contribution >= 0.6 is 0 Å². The van der Waals surface area contributed by atoms with Gasteiger partial charge in [0.2, 0.25) is 0 Å². The van der Waals surface area contributed by atoms with Crippen LogP contribution in [0.2, 0.25) is 0 Å². The number of rotatable bonds is 4. The van der Waals surface area contributed by atoms with Gasteiger partial charge in [-0.3, -0.25) is 9.48 Å². The fourth-order valence-electron chi connectivity index (χ4n) is 3.54. The zero-order valence-corrected chi connectivity index (χ0v) is 15.1. The Kier molecular flexibility index (Phi) is 4.51. The number of para-hydroxylation sites is 1. The van der Waals surface area contributed by atoms with Gasteiger partial charge in [-0.15, -0.1) is 0 Å². The number of aromatic nitrogens is 2. The standard InChI is InChI=1S/C21H20N4O2/c1-25-13-16(10-15(12-22)21(26)23-17-7-3-4-8-17)20(24-25)19-11-14-6-2-5-9-18(14)27-19/h2,5-6,9-11,13,17H,3-4,7-8H2,1H3,(H,23,26). The highest BCUT2D eigenvalue weighted by atomic mass is 16.3. The zero-order valence-electron chi connectivity index (χ0n) is 15.1. The average Bonchev–Trinajstić information content (AvgIpc) is 3.38. The van der Waals surface area contributed by atoms with E-state index in [-0.39, 0.29) is 17.5 Å². The number of furan rings is 1. The molecule has 1 N–H and O–H groups in total. The van der Waals surface area contributed by atoms with Crippen LogP contribution in [0.4, 0.5) is 0 Å². The maximum atomic E-state index is 12.5. The van der Waals surface area contributed by atoms with Crippen molar-refractivity contribution in [1.82, 2.24) is 15.1 Å². The molecular weight excluding hydrogens is 340 g/mol. The first-order chi connectivity index (χ1) is 13.1. The normalized spacial score (nSPS) is 15.2. The second-order valence-corrected chi connectivity index (χ2v) is 6.88. The molecule has 6 nitrogen and oxygen atoms in total. The van der Waals surface area contributed by atoms with Crippen molar-refractivity contribution in [1.29, 1.82) is 5.26 Å². The van der Waals surface area contributed by atoms with E-state index in [9.17, 15) is 10.1 Å². The highest BCUT2D eigenvalue weighted by Crippen LogP contribution is 2.30. The Labute approximate surface area is 157 Å². The molecule has 0 unspecified atom stereocenters. The Hall–Kier alpha value is -3.33. The van der Waals surface area contributed by atoms with Crippen molar-refractivity contribution in [2.75, 3.05) is 0 Å². The summed E-state index contributed by atoms with van der Waals surface area (Å²) in [7, 11) is 1.80. The number of nitrogens with zero attached hydrogens (tertiary/aromatic N) is 3. The Morgan fingerprint density at radius 2 is 2.15 bits per heavy atom. The van der Waals surface area contributed by atoms with Crippen LogP contribution < -0.4 is 5.32 Å². The lowest BCUT2D eigenvalue weighted by Gasteiger charge is -2.10. The molecule has 136 valence electrons. The number of hydrogen-bond donors (Lipinski definition) is 1. The van der Waals surface area contributed by atoms with Gasteiger partial charge in [0.05, 0.1) is 0 Å². The maximum Gasteiger partial charge on any atom is 0.262 e. The first kappa shape index (κ1) is 17.1. The topological polar surface area (TPSA) is 83.9 Å². The van der Waals surface area contributed by atoms with Crippen molar-refractivity contribution in [2.24, 2.45) is 7.05 Å². The number of carbonyl (C=O) groups excluding carboxylic acids is 1.